The van der Waals surface area contributed by atoms with Gasteiger partial charge in [0, 0.05) is 18.4 Å². The third-order valence-corrected chi connectivity index (χ3v) is 6.13. The van der Waals surface area contributed by atoms with Gasteiger partial charge in [-0.1, -0.05) is 69.3 Å². The molecule has 0 fully saturated rings. The molecule has 176 valence electrons. The van der Waals surface area contributed by atoms with Crippen LogP contribution in [0.2, 0.25) is 0 Å². The molecule has 2 aromatic rings. The van der Waals surface area contributed by atoms with Crippen LogP contribution in [0.3, 0.4) is 0 Å². The number of carbonyl (C=O) groups excluding carboxylic acids is 2. The zero-order valence-corrected chi connectivity index (χ0v) is 19.3. The number of nitrogens with one attached hydrogen (secondary N) is 2. The van der Waals surface area contributed by atoms with Crippen molar-refractivity contribution in [1.82, 2.24) is 10.6 Å². The van der Waals surface area contributed by atoms with Crippen LogP contribution in [0.5, 0.6) is 0 Å². The molecule has 0 radical (unpaired) electrons. The average Bonchev–Trinajstić information content (AvgIpc) is 3.12. The zero-order valence-electron chi connectivity index (χ0n) is 19.3. The summed E-state index contributed by atoms with van der Waals surface area (Å²) in [6, 6.07) is 15.1. The Morgan fingerprint density at radius 2 is 1.55 bits per heavy atom. The number of amides is 2. The van der Waals surface area contributed by atoms with Crippen LogP contribution in [0, 0.1) is 5.92 Å². The van der Waals surface area contributed by atoms with Crippen molar-refractivity contribution >= 4 is 18.0 Å². The fourth-order valence-electron chi connectivity index (χ4n) is 4.25. The van der Waals surface area contributed by atoms with Gasteiger partial charge in [0.2, 0.25) is 5.91 Å². The maximum Gasteiger partial charge on any atom is 0.407 e. The van der Waals surface area contributed by atoms with Gasteiger partial charge >= 0.3 is 12.1 Å². The van der Waals surface area contributed by atoms with E-state index in [1.165, 1.54) is 11.1 Å². The van der Waals surface area contributed by atoms with E-state index < -0.39 is 18.1 Å². The van der Waals surface area contributed by atoms with Crippen molar-refractivity contribution in [2.75, 3.05) is 6.61 Å². The molecule has 0 aliphatic heterocycles. The van der Waals surface area contributed by atoms with Gasteiger partial charge in [0.15, 0.2) is 0 Å². The smallest absolute Gasteiger partial charge is 0.407 e. The van der Waals surface area contributed by atoms with Crippen molar-refractivity contribution in [3.8, 4) is 11.1 Å². The molecule has 0 aromatic heterocycles. The maximum absolute atomic E-state index is 12.5. The average molecular weight is 453 g/mol. The number of hydrogen-bond donors (Lipinski definition) is 3. The van der Waals surface area contributed by atoms with E-state index in [0.29, 0.717) is 12.8 Å². The number of carboxylic acids is 1. The Morgan fingerprint density at radius 3 is 2.06 bits per heavy atom. The largest absolute Gasteiger partial charge is 0.480 e. The molecule has 7 nitrogen and oxygen atoms in total. The van der Waals surface area contributed by atoms with Crippen LogP contribution in [0.25, 0.3) is 11.1 Å². The number of hydrogen-bond acceptors (Lipinski definition) is 4. The molecule has 0 saturated heterocycles. The third-order valence-electron chi connectivity index (χ3n) is 6.13. The number of ether oxygens (including phenoxy) is 1. The quantitative estimate of drug-likeness (QED) is 0.498. The summed E-state index contributed by atoms with van der Waals surface area (Å²) in [5, 5.41) is 14.6. The van der Waals surface area contributed by atoms with Crippen LogP contribution in [-0.2, 0) is 14.3 Å². The second-order valence-corrected chi connectivity index (χ2v) is 8.74. The Labute approximate surface area is 194 Å². The molecule has 2 atom stereocenters. The lowest BCUT2D eigenvalue weighted by Gasteiger charge is -2.20. The zero-order chi connectivity index (χ0) is 24.0. The Hall–Kier alpha value is -3.35. The second kappa shape index (κ2) is 11.0. The predicted molar refractivity (Wildman–Crippen MR) is 126 cm³/mol. The molecule has 0 heterocycles. The predicted octanol–water partition coefficient (Wildman–Crippen LogP) is 4.31. The number of fused-ring (bicyclic) bond motifs is 3. The molecule has 2 aromatic carbocycles. The summed E-state index contributed by atoms with van der Waals surface area (Å²) in [5.74, 6) is -1.63. The number of rotatable bonds is 10. The molecule has 0 bridgehead atoms. The van der Waals surface area contributed by atoms with Crippen LogP contribution >= 0.6 is 0 Å². The number of aliphatic carboxylic acids is 1. The van der Waals surface area contributed by atoms with Crippen molar-refractivity contribution in [3.05, 3.63) is 59.7 Å². The molecule has 1 aliphatic rings. The van der Waals surface area contributed by atoms with Gasteiger partial charge in [-0.25, -0.2) is 9.59 Å². The highest BCUT2D eigenvalue weighted by atomic mass is 16.5. The van der Waals surface area contributed by atoms with Crippen molar-refractivity contribution in [3.63, 3.8) is 0 Å². The first-order valence-corrected chi connectivity index (χ1v) is 11.5. The normalized spacial score (nSPS) is 14.2. The molecule has 7 heteroatoms. The molecule has 0 saturated carbocycles. The van der Waals surface area contributed by atoms with Crippen molar-refractivity contribution in [1.29, 1.82) is 0 Å². The standard InChI is InChI=1S/C26H32N2O5/c1-4-17(13-14-23(29)28-24(16(2)3)25(30)31)27-26(32)33-15-22-20-11-7-5-9-18(20)19-10-6-8-12-21(19)22/h5-12,16-17,22,24H,4,13-15H2,1-3H3,(H,27,32)(H,28,29)(H,30,31)/t17?,24-/m0/s1. The van der Waals surface area contributed by atoms with Crippen molar-refractivity contribution in [2.24, 2.45) is 5.92 Å². The van der Waals surface area contributed by atoms with E-state index in [4.69, 9.17) is 4.74 Å². The van der Waals surface area contributed by atoms with Crippen molar-refractivity contribution < 1.29 is 24.2 Å². The minimum absolute atomic E-state index is 0.0158. The third kappa shape index (κ3) is 5.92. The van der Waals surface area contributed by atoms with E-state index >= 15 is 0 Å². The van der Waals surface area contributed by atoms with Gasteiger partial charge in [-0.05, 0) is 41.0 Å². The second-order valence-electron chi connectivity index (χ2n) is 8.74. The summed E-state index contributed by atoms with van der Waals surface area (Å²) >= 11 is 0. The summed E-state index contributed by atoms with van der Waals surface area (Å²) in [7, 11) is 0. The first-order valence-electron chi connectivity index (χ1n) is 11.5. The van der Waals surface area contributed by atoms with Crippen LogP contribution < -0.4 is 10.6 Å². The molecule has 0 spiro atoms. The Kier molecular flexibility index (Phi) is 8.09. The molecule has 1 aliphatic carbocycles. The van der Waals surface area contributed by atoms with Crippen molar-refractivity contribution in [2.45, 2.75) is 58.0 Å². The highest BCUT2D eigenvalue weighted by Gasteiger charge is 2.29. The molecule has 2 amide bonds. The molecular weight excluding hydrogens is 420 g/mol. The lowest BCUT2D eigenvalue weighted by Crippen LogP contribution is -2.45. The summed E-state index contributed by atoms with van der Waals surface area (Å²) < 4.78 is 5.58. The molecular formula is C26H32N2O5. The maximum atomic E-state index is 12.5. The Morgan fingerprint density at radius 1 is 0.970 bits per heavy atom. The van der Waals surface area contributed by atoms with Gasteiger partial charge in [-0.3, -0.25) is 4.79 Å². The van der Waals surface area contributed by atoms with E-state index in [0.717, 1.165) is 11.1 Å². The number of alkyl carbamates (subject to hydrolysis) is 1. The Bertz CT molecular complexity index is 958. The molecule has 3 rings (SSSR count). The fraction of sp³-hybridized carbons (Fsp3) is 0.423. The van der Waals surface area contributed by atoms with Crippen LogP contribution in [0.4, 0.5) is 4.79 Å². The van der Waals surface area contributed by atoms with Gasteiger partial charge in [-0.15, -0.1) is 0 Å². The fourth-order valence-corrected chi connectivity index (χ4v) is 4.25. The first kappa shape index (κ1) is 24.3. The lowest BCUT2D eigenvalue weighted by molar-refractivity contribution is -0.143. The monoisotopic (exact) mass is 452 g/mol. The van der Waals surface area contributed by atoms with Crippen LogP contribution in [-0.4, -0.2) is 41.8 Å². The summed E-state index contributed by atoms with van der Waals surface area (Å²) in [6.45, 7) is 5.63. The molecule has 33 heavy (non-hydrogen) atoms. The molecule has 1 unspecified atom stereocenters. The van der Waals surface area contributed by atoms with E-state index in [-0.39, 0.29) is 36.8 Å². The van der Waals surface area contributed by atoms with E-state index in [1.54, 1.807) is 13.8 Å². The van der Waals surface area contributed by atoms with Gasteiger partial charge in [-0.2, -0.15) is 0 Å². The topological polar surface area (TPSA) is 105 Å². The Balaban J connectivity index is 1.52. The van der Waals surface area contributed by atoms with Gasteiger partial charge in [0.1, 0.15) is 12.6 Å². The minimum Gasteiger partial charge on any atom is -0.480 e. The molecule has 3 N–H and O–H groups in total. The summed E-state index contributed by atoms with van der Waals surface area (Å²) in [6.07, 6.45) is 0.634. The first-order chi connectivity index (χ1) is 15.8. The number of benzene rings is 2. The van der Waals surface area contributed by atoms with Gasteiger partial charge in [0.05, 0.1) is 0 Å². The van der Waals surface area contributed by atoms with Gasteiger partial charge < -0.3 is 20.5 Å². The summed E-state index contributed by atoms with van der Waals surface area (Å²) in [4.78, 5) is 35.9. The van der Waals surface area contributed by atoms with Crippen LogP contribution in [0.15, 0.2) is 48.5 Å². The lowest BCUT2D eigenvalue weighted by atomic mass is 9.98. The highest BCUT2D eigenvalue weighted by Crippen LogP contribution is 2.44. The minimum atomic E-state index is -1.05. The highest BCUT2D eigenvalue weighted by molar-refractivity contribution is 5.83. The number of carbonyl (C=O) groups is 3. The summed E-state index contributed by atoms with van der Waals surface area (Å²) in [5.41, 5.74) is 4.63. The SMILES string of the molecule is CCC(CCC(=O)N[C@H](C(=O)O)C(C)C)NC(=O)OCC1c2ccccc2-c2ccccc21. The van der Waals surface area contributed by atoms with E-state index in [2.05, 4.69) is 34.9 Å². The number of carboxylic acid groups (broad SMARTS) is 1. The van der Waals surface area contributed by atoms with E-state index in [9.17, 15) is 19.5 Å². The van der Waals surface area contributed by atoms with E-state index in [1.807, 2.05) is 31.2 Å². The van der Waals surface area contributed by atoms with Gasteiger partial charge in [0.25, 0.3) is 0 Å². The van der Waals surface area contributed by atoms with Crippen LogP contribution in [0.1, 0.15) is 57.1 Å².